The van der Waals surface area contributed by atoms with Gasteiger partial charge in [0.15, 0.2) is 0 Å². The number of hydrogen-bond acceptors (Lipinski definition) is 5. The summed E-state index contributed by atoms with van der Waals surface area (Å²) < 4.78 is 4.72. The molecule has 1 saturated heterocycles. The van der Waals surface area contributed by atoms with E-state index in [0.29, 0.717) is 32.6 Å². The molecule has 0 saturated carbocycles. The molecule has 0 aromatic heterocycles. The van der Waals surface area contributed by atoms with Crippen LogP contribution < -0.4 is 5.32 Å². The molecule has 1 heterocycles. The number of carboxylic acids is 1. The lowest BCUT2D eigenvalue weighted by Gasteiger charge is -2.21. The number of nitrogens with zero attached hydrogens (tertiary/aromatic N) is 2. The monoisotopic (exact) mass is 287 g/mol. The highest BCUT2D eigenvalue weighted by Crippen LogP contribution is 2.03. The molecule has 0 radical (unpaired) electrons. The van der Waals surface area contributed by atoms with Crippen LogP contribution in [0.1, 0.15) is 13.3 Å². The lowest BCUT2D eigenvalue weighted by Crippen LogP contribution is -2.44. The maximum Gasteiger partial charge on any atom is 0.325 e. The number of amides is 2. The minimum atomic E-state index is -0.870. The maximum absolute atomic E-state index is 11.9. The molecular weight excluding hydrogens is 266 g/mol. The van der Waals surface area contributed by atoms with Crippen LogP contribution in [0.15, 0.2) is 0 Å². The number of aliphatic carboxylic acids is 1. The fourth-order valence-electron chi connectivity index (χ4n) is 2.00. The molecule has 0 aromatic rings. The standard InChI is InChI=1S/C12H21N3O5/c1-2-20-11(18)8-13-12(19)15-5-3-4-14(6-7-15)9-10(16)17/h2-9H2,1H3,(H,13,19)(H,16,17). The fraction of sp³-hybridized carbons (Fsp3) is 0.750. The second-order valence-electron chi connectivity index (χ2n) is 4.47. The van der Waals surface area contributed by atoms with Gasteiger partial charge in [0.1, 0.15) is 6.54 Å². The summed E-state index contributed by atoms with van der Waals surface area (Å²) in [6, 6.07) is -0.324. The van der Waals surface area contributed by atoms with E-state index in [2.05, 4.69) is 5.32 Å². The molecule has 1 aliphatic heterocycles. The van der Waals surface area contributed by atoms with E-state index in [9.17, 15) is 14.4 Å². The Labute approximate surface area is 117 Å². The topological polar surface area (TPSA) is 99.2 Å². The Balaban J connectivity index is 2.34. The van der Waals surface area contributed by atoms with Gasteiger partial charge < -0.3 is 20.1 Å². The Hall–Kier alpha value is -1.83. The number of carbonyl (C=O) groups is 3. The van der Waals surface area contributed by atoms with Gasteiger partial charge in [-0.15, -0.1) is 0 Å². The van der Waals surface area contributed by atoms with Crippen LogP contribution in [0.25, 0.3) is 0 Å². The average molecular weight is 287 g/mol. The van der Waals surface area contributed by atoms with E-state index in [-0.39, 0.29) is 25.7 Å². The summed E-state index contributed by atoms with van der Waals surface area (Å²) >= 11 is 0. The van der Waals surface area contributed by atoms with Crippen molar-refractivity contribution in [3.05, 3.63) is 0 Å². The minimum Gasteiger partial charge on any atom is -0.480 e. The molecule has 1 fully saturated rings. The lowest BCUT2D eigenvalue weighted by molar-refractivity contribution is -0.142. The van der Waals surface area contributed by atoms with Crippen LogP contribution in [0, 0.1) is 0 Å². The zero-order valence-corrected chi connectivity index (χ0v) is 11.6. The quantitative estimate of drug-likeness (QED) is 0.652. The van der Waals surface area contributed by atoms with Crippen molar-refractivity contribution >= 4 is 18.0 Å². The molecule has 0 unspecified atom stereocenters. The van der Waals surface area contributed by atoms with Crippen molar-refractivity contribution < 1.29 is 24.2 Å². The number of urea groups is 1. The molecule has 8 nitrogen and oxygen atoms in total. The third kappa shape index (κ3) is 5.87. The zero-order chi connectivity index (χ0) is 15.0. The summed E-state index contributed by atoms with van der Waals surface area (Å²) in [4.78, 5) is 37.0. The highest BCUT2D eigenvalue weighted by molar-refractivity contribution is 5.80. The van der Waals surface area contributed by atoms with Crippen molar-refractivity contribution in [1.29, 1.82) is 0 Å². The summed E-state index contributed by atoms with van der Waals surface area (Å²) in [5.41, 5.74) is 0. The number of rotatable bonds is 5. The first-order valence-electron chi connectivity index (χ1n) is 6.65. The summed E-state index contributed by atoms with van der Waals surface area (Å²) in [7, 11) is 0. The first kappa shape index (κ1) is 16.2. The maximum atomic E-state index is 11.9. The number of ether oxygens (including phenoxy) is 1. The third-order valence-corrected chi connectivity index (χ3v) is 2.92. The van der Waals surface area contributed by atoms with Crippen LogP contribution in [0.2, 0.25) is 0 Å². The smallest absolute Gasteiger partial charge is 0.325 e. The summed E-state index contributed by atoms with van der Waals surface area (Å²) in [6.07, 6.45) is 0.708. The molecule has 114 valence electrons. The molecule has 0 aliphatic carbocycles. The van der Waals surface area contributed by atoms with Gasteiger partial charge in [0.05, 0.1) is 13.2 Å². The van der Waals surface area contributed by atoms with Crippen molar-refractivity contribution in [3.8, 4) is 0 Å². The summed E-state index contributed by atoms with van der Waals surface area (Å²) in [6.45, 7) is 3.97. The van der Waals surface area contributed by atoms with E-state index in [1.807, 2.05) is 0 Å². The van der Waals surface area contributed by atoms with E-state index in [4.69, 9.17) is 9.84 Å². The van der Waals surface area contributed by atoms with Crippen LogP contribution in [-0.4, -0.2) is 78.8 Å². The highest BCUT2D eigenvalue weighted by Gasteiger charge is 2.20. The predicted molar refractivity (Wildman–Crippen MR) is 70.3 cm³/mol. The molecule has 0 aromatic carbocycles. The molecule has 1 aliphatic rings. The summed E-state index contributed by atoms with van der Waals surface area (Å²) in [5, 5.41) is 11.2. The molecule has 0 bridgehead atoms. The summed E-state index contributed by atoms with van der Waals surface area (Å²) in [5.74, 6) is -1.34. The molecule has 2 N–H and O–H groups in total. The first-order valence-corrected chi connectivity index (χ1v) is 6.65. The van der Waals surface area contributed by atoms with Crippen LogP contribution in [-0.2, 0) is 14.3 Å². The Morgan fingerprint density at radius 3 is 2.60 bits per heavy atom. The molecule has 0 spiro atoms. The van der Waals surface area contributed by atoms with Crippen molar-refractivity contribution in [3.63, 3.8) is 0 Å². The van der Waals surface area contributed by atoms with E-state index < -0.39 is 11.9 Å². The van der Waals surface area contributed by atoms with E-state index in [0.717, 1.165) is 0 Å². The largest absolute Gasteiger partial charge is 0.480 e. The second-order valence-corrected chi connectivity index (χ2v) is 4.47. The third-order valence-electron chi connectivity index (χ3n) is 2.92. The Bertz CT molecular complexity index is 361. The zero-order valence-electron chi connectivity index (χ0n) is 11.6. The van der Waals surface area contributed by atoms with Crippen LogP contribution in [0.4, 0.5) is 4.79 Å². The van der Waals surface area contributed by atoms with Crippen molar-refractivity contribution in [2.45, 2.75) is 13.3 Å². The molecular formula is C12H21N3O5. The van der Waals surface area contributed by atoms with Gasteiger partial charge in [-0.1, -0.05) is 0 Å². The van der Waals surface area contributed by atoms with E-state index >= 15 is 0 Å². The van der Waals surface area contributed by atoms with Gasteiger partial charge in [0, 0.05) is 26.2 Å². The predicted octanol–water partition coefficient (Wildman–Crippen LogP) is -0.649. The van der Waals surface area contributed by atoms with Gasteiger partial charge in [-0.05, 0) is 13.3 Å². The number of carbonyl (C=O) groups excluding carboxylic acids is 2. The molecule has 20 heavy (non-hydrogen) atoms. The highest BCUT2D eigenvalue weighted by atomic mass is 16.5. The Morgan fingerprint density at radius 2 is 1.95 bits per heavy atom. The second kappa shape index (κ2) is 8.36. The van der Waals surface area contributed by atoms with E-state index in [1.54, 1.807) is 16.7 Å². The van der Waals surface area contributed by atoms with Crippen molar-refractivity contribution in [2.75, 3.05) is 45.9 Å². The molecule has 2 amide bonds. The number of esters is 1. The van der Waals surface area contributed by atoms with Gasteiger partial charge in [-0.25, -0.2) is 4.79 Å². The van der Waals surface area contributed by atoms with Crippen LogP contribution in [0.3, 0.4) is 0 Å². The van der Waals surface area contributed by atoms with Crippen molar-refractivity contribution in [2.24, 2.45) is 0 Å². The first-order chi connectivity index (χ1) is 9.52. The van der Waals surface area contributed by atoms with Gasteiger partial charge in [-0.2, -0.15) is 0 Å². The molecule has 1 rings (SSSR count). The van der Waals surface area contributed by atoms with Crippen molar-refractivity contribution in [1.82, 2.24) is 15.1 Å². The minimum absolute atomic E-state index is 0.0156. The normalized spacial score (nSPS) is 16.4. The van der Waals surface area contributed by atoms with Crippen LogP contribution in [0.5, 0.6) is 0 Å². The molecule has 8 heteroatoms. The molecule has 0 atom stereocenters. The van der Waals surface area contributed by atoms with Crippen LogP contribution >= 0.6 is 0 Å². The van der Waals surface area contributed by atoms with Gasteiger partial charge in [-0.3, -0.25) is 14.5 Å². The number of hydrogen-bond donors (Lipinski definition) is 2. The SMILES string of the molecule is CCOC(=O)CNC(=O)N1CCCN(CC(=O)O)CC1. The average Bonchev–Trinajstić information content (AvgIpc) is 2.61. The van der Waals surface area contributed by atoms with Gasteiger partial charge in [0.2, 0.25) is 0 Å². The fourth-order valence-corrected chi connectivity index (χ4v) is 2.00. The van der Waals surface area contributed by atoms with E-state index in [1.165, 1.54) is 0 Å². The van der Waals surface area contributed by atoms with Gasteiger partial charge >= 0.3 is 18.0 Å². The van der Waals surface area contributed by atoms with Gasteiger partial charge in [0.25, 0.3) is 0 Å². The Kier molecular flexibility index (Phi) is 6.78. The Morgan fingerprint density at radius 1 is 1.20 bits per heavy atom. The lowest BCUT2D eigenvalue weighted by atomic mass is 10.4. The number of carboxylic acid groups (broad SMARTS) is 1. The number of nitrogens with one attached hydrogen (secondary N) is 1.